The van der Waals surface area contributed by atoms with Gasteiger partial charge in [0.05, 0.1) is 0 Å². The summed E-state index contributed by atoms with van der Waals surface area (Å²) in [6, 6.07) is 5.38. The van der Waals surface area contributed by atoms with E-state index in [-0.39, 0.29) is 11.8 Å². The number of rotatable bonds is 4. The molecule has 0 heterocycles. The van der Waals surface area contributed by atoms with Crippen LogP contribution in [0.4, 0.5) is 0 Å². The Balaban J connectivity index is 2.80. The van der Waals surface area contributed by atoms with Gasteiger partial charge in [0.15, 0.2) is 0 Å². The summed E-state index contributed by atoms with van der Waals surface area (Å²) in [5.41, 5.74) is 12.1. The van der Waals surface area contributed by atoms with Gasteiger partial charge in [-0.3, -0.25) is 9.59 Å². The molecule has 1 aromatic rings. The molecule has 5 N–H and O–H groups in total. The molecule has 0 radical (unpaired) electrons. The molecule has 0 saturated heterocycles. The summed E-state index contributed by atoms with van der Waals surface area (Å²) in [7, 11) is 0. The molecule has 112 valence electrons. The number of benzene rings is 1. The molecule has 2 atom stereocenters. The average Bonchev–Trinajstić information content (AvgIpc) is 2.42. The number of nitrogens with one attached hydrogen (secondary N) is 1. The van der Waals surface area contributed by atoms with Crippen molar-refractivity contribution in [3.05, 3.63) is 35.4 Å². The van der Waals surface area contributed by atoms with Crippen molar-refractivity contribution < 1.29 is 9.59 Å². The van der Waals surface area contributed by atoms with Crippen molar-refractivity contribution in [1.29, 1.82) is 0 Å². The number of amides is 2. The van der Waals surface area contributed by atoms with Gasteiger partial charge >= 0.3 is 0 Å². The van der Waals surface area contributed by atoms with Crippen LogP contribution in [0.2, 0.25) is 0 Å². The van der Waals surface area contributed by atoms with E-state index in [1.165, 1.54) is 0 Å². The molecule has 0 aliphatic carbocycles. The molecule has 2 amide bonds. The lowest BCUT2D eigenvalue weighted by Gasteiger charge is -2.18. The van der Waals surface area contributed by atoms with Crippen molar-refractivity contribution >= 4 is 11.8 Å². The zero-order valence-electron chi connectivity index (χ0n) is 12.5. The third-order valence-electron chi connectivity index (χ3n) is 2.77. The van der Waals surface area contributed by atoms with Crippen molar-refractivity contribution in [2.24, 2.45) is 17.4 Å². The second-order valence-electron chi connectivity index (χ2n) is 5.21. The van der Waals surface area contributed by atoms with E-state index in [0.717, 1.165) is 5.56 Å². The molecule has 0 spiro atoms. The van der Waals surface area contributed by atoms with Gasteiger partial charge in [-0.1, -0.05) is 25.7 Å². The van der Waals surface area contributed by atoms with Crippen LogP contribution in [0.3, 0.4) is 0 Å². The topological polar surface area (TPSA) is 98.2 Å². The zero-order valence-corrected chi connectivity index (χ0v) is 12.5. The van der Waals surface area contributed by atoms with Crippen LogP contribution in [0.5, 0.6) is 0 Å². The molecular weight excluding hydrogens is 266 g/mol. The van der Waals surface area contributed by atoms with Crippen molar-refractivity contribution in [3.63, 3.8) is 0 Å². The standard InChI is InChI=1S/C16H21N3O2/c1-10(2)4-5-12-6-8-13(9-7-12)16(21)19-14(11(3)17)15(18)20/h6-11,14H,17H2,1-3H3,(H2,18,20)(H,19,21). The molecule has 2 unspecified atom stereocenters. The Morgan fingerprint density at radius 1 is 1.14 bits per heavy atom. The van der Waals surface area contributed by atoms with Gasteiger partial charge in [-0.05, 0) is 31.2 Å². The Bertz CT molecular complexity index is 565. The van der Waals surface area contributed by atoms with Gasteiger partial charge in [-0.25, -0.2) is 0 Å². The van der Waals surface area contributed by atoms with Gasteiger partial charge in [0.1, 0.15) is 6.04 Å². The van der Waals surface area contributed by atoms with Crippen LogP contribution in [-0.2, 0) is 4.79 Å². The van der Waals surface area contributed by atoms with E-state index >= 15 is 0 Å². The first-order chi connectivity index (χ1) is 9.81. The van der Waals surface area contributed by atoms with Crippen LogP contribution < -0.4 is 16.8 Å². The number of nitrogens with two attached hydrogens (primary N) is 2. The minimum absolute atomic E-state index is 0.287. The van der Waals surface area contributed by atoms with Crippen LogP contribution in [0, 0.1) is 17.8 Å². The fourth-order valence-corrected chi connectivity index (χ4v) is 1.62. The fourth-order valence-electron chi connectivity index (χ4n) is 1.62. The molecular formula is C16H21N3O2. The Hall–Kier alpha value is -2.32. The molecule has 0 aliphatic rings. The van der Waals surface area contributed by atoms with E-state index in [1.54, 1.807) is 31.2 Å². The first-order valence-corrected chi connectivity index (χ1v) is 6.78. The van der Waals surface area contributed by atoms with Crippen molar-refractivity contribution in [1.82, 2.24) is 5.32 Å². The second kappa shape index (κ2) is 7.46. The van der Waals surface area contributed by atoms with Crippen molar-refractivity contribution in [3.8, 4) is 11.8 Å². The summed E-state index contributed by atoms with van der Waals surface area (Å²) < 4.78 is 0. The maximum absolute atomic E-state index is 12.0. The van der Waals surface area contributed by atoms with Crippen LogP contribution in [0.25, 0.3) is 0 Å². The number of hydrogen-bond acceptors (Lipinski definition) is 3. The lowest BCUT2D eigenvalue weighted by molar-refractivity contribution is -0.120. The SMILES string of the molecule is CC(C)C#Cc1ccc(C(=O)NC(C(N)=O)C(C)N)cc1. The maximum atomic E-state index is 12.0. The molecule has 0 fully saturated rings. The van der Waals surface area contributed by atoms with E-state index in [2.05, 4.69) is 17.2 Å². The average molecular weight is 287 g/mol. The third-order valence-corrected chi connectivity index (χ3v) is 2.77. The van der Waals surface area contributed by atoms with Gasteiger partial charge in [0.25, 0.3) is 5.91 Å². The predicted octanol–water partition coefficient (Wildman–Crippen LogP) is 0.625. The predicted molar refractivity (Wildman–Crippen MR) is 82.3 cm³/mol. The molecule has 1 aromatic carbocycles. The number of hydrogen-bond donors (Lipinski definition) is 3. The molecule has 5 heteroatoms. The quantitative estimate of drug-likeness (QED) is 0.708. The number of primary amides is 1. The number of carbonyl (C=O) groups is 2. The summed E-state index contributed by atoms with van der Waals surface area (Å²) >= 11 is 0. The van der Waals surface area contributed by atoms with E-state index in [1.807, 2.05) is 13.8 Å². The van der Waals surface area contributed by atoms with Crippen LogP contribution in [-0.4, -0.2) is 23.9 Å². The summed E-state index contributed by atoms with van der Waals surface area (Å²) in [6.45, 7) is 5.62. The highest BCUT2D eigenvalue weighted by Crippen LogP contribution is 2.05. The van der Waals surface area contributed by atoms with Gasteiger partial charge in [-0.15, -0.1) is 0 Å². The minimum Gasteiger partial charge on any atom is -0.368 e. The van der Waals surface area contributed by atoms with Crippen LogP contribution >= 0.6 is 0 Å². The Morgan fingerprint density at radius 3 is 2.14 bits per heavy atom. The molecule has 0 saturated carbocycles. The maximum Gasteiger partial charge on any atom is 0.251 e. The Kier molecular flexibility index (Phi) is 5.94. The Morgan fingerprint density at radius 2 is 1.71 bits per heavy atom. The smallest absolute Gasteiger partial charge is 0.251 e. The highest BCUT2D eigenvalue weighted by Gasteiger charge is 2.22. The summed E-state index contributed by atoms with van der Waals surface area (Å²) in [5, 5.41) is 2.53. The lowest BCUT2D eigenvalue weighted by atomic mass is 10.1. The monoisotopic (exact) mass is 287 g/mol. The lowest BCUT2D eigenvalue weighted by Crippen LogP contribution is -2.53. The Labute approximate surface area is 125 Å². The van der Waals surface area contributed by atoms with Crippen LogP contribution in [0.1, 0.15) is 36.7 Å². The van der Waals surface area contributed by atoms with E-state index in [4.69, 9.17) is 11.5 Å². The largest absolute Gasteiger partial charge is 0.368 e. The molecule has 21 heavy (non-hydrogen) atoms. The molecule has 0 aliphatic heterocycles. The zero-order chi connectivity index (χ0) is 16.0. The summed E-state index contributed by atoms with van der Waals surface area (Å²) in [4.78, 5) is 23.3. The van der Waals surface area contributed by atoms with Crippen LogP contribution in [0.15, 0.2) is 24.3 Å². The van der Waals surface area contributed by atoms with Gasteiger partial charge in [0, 0.05) is 23.1 Å². The van der Waals surface area contributed by atoms with Crippen molar-refractivity contribution in [2.45, 2.75) is 32.9 Å². The second-order valence-corrected chi connectivity index (χ2v) is 5.21. The van der Waals surface area contributed by atoms with E-state index in [9.17, 15) is 9.59 Å². The molecule has 0 bridgehead atoms. The van der Waals surface area contributed by atoms with Gasteiger partial charge in [-0.2, -0.15) is 0 Å². The molecule has 0 aromatic heterocycles. The fraction of sp³-hybridized carbons (Fsp3) is 0.375. The van der Waals surface area contributed by atoms with E-state index in [0.29, 0.717) is 5.56 Å². The first-order valence-electron chi connectivity index (χ1n) is 6.78. The van der Waals surface area contributed by atoms with Crippen molar-refractivity contribution in [2.75, 3.05) is 0 Å². The number of carbonyl (C=O) groups excluding carboxylic acids is 2. The first kappa shape index (κ1) is 16.7. The summed E-state index contributed by atoms with van der Waals surface area (Å²) in [6.07, 6.45) is 0. The van der Waals surface area contributed by atoms with Gasteiger partial charge < -0.3 is 16.8 Å². The molecule has 5 nitrogen and oxygen atoms in total. The molecule has 1 rings (SSSR count). The van der Waals surface area contributed by atoms with Gasteiger partial charge in [0.2, 0.25) is 5.91 Å². The summed E-state index contributed by atoms with van der Waals surface area (Å²) in [5.74, 6) is 5.30. The normalized spacial score (nSPS) is 13.0. The highest BCUT2D eigenvalue weighted by atomic mass is 16.2. The van der Waals surface area contributed by atoms with E-state index < -0.39 is 18.0 Å². The third kappa shape index (κ3) is 5.28. The highest BCUT2D eigenvalue weighted by molar-refractivity contribution is 5.97. The minimum atomic E-state index is -0.891.